The van der Waals surface area contributed by atoms with E-state index < -0.39 is 253 Å². The summed E-state index contributed by atoms with van der Waals surface area (Å²) < 4.78 is 57.7. The number of carbonyl (C=O) groups is 4. The summed E-state index contributed by atoms with van der Waals surface area (Å²) in [5.41, 5.74) is 0. The first-order valence-corrected chi connectivity index (χ1v) is 25.5. The Kier molecular flexibility index (Phi) is 25.1. The summed E-state index contributed by atoms with van der Waals surface area (Å²) in [5.74, 6) is -8.00. The highest BCUT2D eigenvalue weighted by molar-refractivity contribution is 5.77. The monoisotopic (exact) mass is 1190 g/mol. The number of hydrogen-bond donors (Lipinski definition) is 22. The summed E-state index contributed by atoms with van der Waals surface area (Å²) in [7, 11) is 0. The number of amides is 3. The lowest BCUT2D eigenvalue weighted by Crippen LogP contribution is -2.70. The SMILES string of the molecule is CC(=O)N[C@H]1[C@H](OC[C@@H](O)[C@H](O)[C@H](O[C@@H]2O[C@H](CO)[C@H](O)[C@H](O[C@]3(C(=O)O)C[C@H](O)[C@@H](NC(C)=O)[C@H]([C@H](O)[C@H](O)CO)O3)[C@H]2O)[C@H](CO)NC(C)=O)O[C@H](CO)[C@@H](O[C@@H]2O[C@H](CO)[C@H](O)[C@H](O)[C@H]2O)[C@@H]1O[C@@H]1O[C@@H](C)[C@@H](O)[C@@H](O)[C@@H]1O. The zero-order valence-corrected chi connectivity index (χ0v) is 43.9. The molecule has 36 nitrogen and oxygen atoms in total. The van der Waals surface area contributed by atoms with Gasteiger partial charge in [0.1, 0.15) is 128 Å². The molecule has 0 radical (unpaired) electrons. The van der Waals surface area contributed by atoms with Crippen molar-refractivity contribution in [3.05, 3.63) is 0 Å². The fourth-order valence-corrected chi connectivity index (χ4v) is 9.87. The summed E-state index contributed by atoms with van der Waals surface area (Å²) in [6.45, 7) is -2.48. The molecule has 0 bridgehead atoms. The Morgan fingerprint density at radius 3 is 1.65 bits per heavy atom. The first-order valence-electron chi connectivity index (χ1n) is 25.5. The molecule has 81 heavy (non-hydrogen) atoms. The Morgan fingerprint density at radius 1 is 0.580 bits per heavy atom. The number of aliphatic hydroxyl groups is 18. The van der Waals surface area contributed by atoms with Crippen molar-refractivity contribution in [3.8, 4) is 0 Å². The number of ether oxygens (including phenoxy) is 10. The fraction of sp³-hybridized carbons (Fsp3) is 0.911. The summed E-state index contributed by atoms with van der Waals surface area (Å²) in [6, 6.07) is -5.30. The van der Waals surface area contributed by atoms with Crippen LogP contribution in [0, 0.1) is 0 Å². The van der Waals surface area contributed by atoms with E-state index in [1.54, 1.807) is 0 Å². The molecule has 0 aromatic carbocycles. The Hall–Kier alpha value is -3.24. The van der Waals surface area contributed by atoms with E-state index in [2.05, 4.69) is 16.0 Å². The second-order valence-corrected chi connectivity index (χ2v) is 20.2. The second-order valence-electron chi connectivity index (χ2n) is 20.2. The van der Waals surface area contributed by atoms with Crippen LogP contribution >= 0.6 is 0 Å². The number of carboxylic acid groups (broad SMARTS) is 1. The van der Waals surface area contributed by atoms with Crippen LogP contribution in [0.15, 0.2) is 0 Å². The molecule has 3 amide bonds. The van der Waals surface area contributed by atoms with Crippen LogP contribution in [-0.4, -0.2) is 344 Å². The molecule has 0 unspecified atom stereocenters. The van der Waals surface area contributed by atoms with Gasteiger partial charge >= 0.3 is 5.97 Å². The molecule has 0 aromatic rings. The van der Waals surface area contributed by atoms with Gasteiger partial charge in [0, 0.05) is 27.2 Å². The minimum Gasteiger partial charge on any atom is -0.477 e. The van der Waals surface area contributed by atoms with Gasteiger partial charge in [-0.25, -0.2) is 4.79 Å². The van der Waals surface area contributed by atoms with Gasteiger partial charge in [-0.05, 0) is 6.92 Å². The molecule has 5 fully saturated rings. The highest BCUT2D eigenvalue weighted by Gasteiger charge is 2.61. The van der Waals surface area contributed by atoms with Crippen molar-refractivity contribution in [3.63, 3.8) is 0 Å². The molecule has 5 saturated heterocycles. The Balaban J connectivity index is 1.47. The average Bonchev–Trinajstić information content (AvgIpc) is 3.60. The summed E-state index contributed by atoms with van der Waals surface area (Å²) in [4.78, 5) is 50.5. The number of nitrogens with one attached hydrogen (secondary N) is 3. The third-order valence-corrected chi connectivity index (χ3v) is 14.2. The normalized spacial score (nSPS) is 42.6. The van der Waals surface area contributed by atoms with E-state index in [9.17, 15) is 116 Å². The van der Waals surface area contributed by atoms with Gasteiger partial charge in [0.15, 0.2) is 25.2 Å². The maximum atomic E-state index is 13.1. The highest BCUT2D eigenvalue weighted by Crippen LogP contribution is 2.39. The van der Waals surface area contributed by atoms with Crippen molar-refractivity contribution < 1.29 is 164 Å². The Bertz CT molecular complexity index is 2020. The number of carbonyl (C=O) groups excluding carboxylic acids is 3. The maximum Gasteiger partial charge on any atom is 0.364 e. The smallest absolute Gasteiger partial charge is 0.364 e. The lowest BCUT2D eigenvalue weighted by atomic mass is 9.88. The maximum absolute atomic E-state index is 13.1. The molecule has 0 aliphatic carbocycles. The molecule has 5 rings (SSSR count). The predicted octanol–water partition coefficient (Wildman–Crippen LogP) is -13.8. The minimum absolute atomic E-state index is 0.843. The summed E-state index contributed by atoms with van der Waals surface area (Å²) >= 11 is 0. The number of carboxylic acids is 1. The Morgan fingerprint density at radius 2 is 1.11 bits per heavy atom. The third-order valence-electron chi connectivity index (χ3n) is 14.2. The molecule has 470 valence electrons. The van der Waals surface area contributed by atoms with Gasteiger partial charge in [-0.3, -0.25) is 14.4 Å². The van der Waals surface area contributed by atoms with Gasteiger partial charge in [-0.1, -0.05) is 0 Å². The standard InChI is InChI=1S/C45H77N3O33/c1-12-25(60)30(65)32(67)41(73-12)79-38-24(48-15(4)56)40(76-22(10-53)36(38)78-42-33(68)31(66)28(63)20(8-51)74-42)72-11-19(59)27(62)35(16(6-49)46-13(2)54)77-43-34(69)39(29(64)21(9-52)75-43)81-45(44(70)71)5-17(57)23(47-14(3)55)37(80-45)26(61)18(58)7-50/h12,16-43,49-53,57-69H,5-11H2,1-4H3,(H,46,54)(H,47,55)(H,48,56)(H,70,71)/t12-,16-,17-,18+,19+,20+,21+,22+,23+,24+,25+,26+,27-,28-,29-,30+,31-,32-,33+,34+,35+,36+,37+,38+,39-,40+,41-,42-,43-,45-/m0/s1. The van der Waals surface area contributed by atoms with E-state index in [-0.39, 0.29) is 0 Å². The van der Waals surface area contributed by atoms with E-state index >= 15 is 0 Å². The van der Waals surface area contributed by atoms with E-state index in [1.807, 2.05) is 0 Å². The van der Waals surface area contributed by atoms with Gasteiger partial charge < -0.3 is 160 Å². The topological polar surface area (TPSA) is 581 Å². The predicted molar refractivity (Wildman–Crippen MR) is 252 cm³/mol. The molecule has 5 aliphatic heterocycles. The van der Waals surface area contributed by atoms with Gasteiger partial charge in [-0.2, -0.15) is 0 Å². The zero-order chi connectivity index (χ0) is 60.7. The second kappa shape index (κ2) is 29.7. The average molecular weight is 1190 g/mol. The van der Waals surface area contributed by atoms with Crippen LogP contribution in [0.2, 0.25) is 0 Å². The summed E-state index contributed by atoms with van der Waals surface area (Å²) in [6.07, 6.45) is -53.9. The fourth-order valence-electron chi connectivity index (χ4n) is 9.87. The van der Waals surface area contributed by atoms with Crippen LogP contribution in [-0.2, 0) is 66.5 Å². The van der Waals surface area contributed by atoms with Crippen LogP contribution in [0.25, 0.3) is 0 Å². The van der Waals surface area contributed by atoms with E-state index in [4.69, 9.17) is 47.4 Å². The van der Waals surface area contributed by atoms with Gasteiger partial charge in [0.2, 0.25) is 17.7 Å². The zero-order valence-electron chi connectivity index (χ0n) is 43.9. The van der Waals surface area contributed by atoms with E-state index in [1.165, 1.54) is 6.92 Å². The van der Waals surface area contributed by atoms with Crippen LogP contribution in [0.1, 0.15) is 34.1 Å². The van der Waals surface area contributed by atoms with Crippen molar-refractivity contribution in [1.29, 1.82) is 0 Å². The first kappa shape index (κ1) is 68.5. The number of aliphatic carboxylic acids is 1. The molecule has 5 aliphatic rings. The molecule has 0 spiro atoms. The van der Waals surface area contributed by atoms with E-state index in [0.717, 1.165) is 20.8 Å². The van der Waals surface area contributed by atoms with Crippen molar-refractivity contribution in [2.75, 3.05) is 39.6 Å². The minimum atomic E-state index is -3.24. The third kappa shape index (κ3) is 15.8. The lowest BCUT2D eigenvalue weighted by Gasteiger charge is -2.50. The van der Waals surface area contributed by atoms with Crippen LogP contribution < -0.4 is 16.0 Å². The quantitative estimate of drug-likeness (QED) is 0.0404. The molecule has 22 N–H and O–H groups in total. The molecule has 0 saturated carbocycles. The summed E-state index contributed by atoms with van der Waals surface area (Å²) in [5, 5.41) is 211. The number of hydrogen-bond acceptors (Lipinski definition) is 32. The lowest BCUT2D eigenvalue weighted by molar-refractivity contribution is -0.377. The molecular weight excluding hydrogens is 1110 g/mol. The Labute approximate surface area is 459 Å². The van der Waals surface area contributed by atoms with Crippen molar-refractivity contribution in [2.24, 2.45) is 0 Å². The van der Waals surface area contributed by atoms with Gasteiger partial charge in [-0.15, -0.1) is 0 Å². The van der Waals surface area contributed by atoms with Crippen molar-refractivity contribution in [2.45, 2.75) is 217 Å². The molecule has 30 atom stereocenters. The largest absolute Gasteiger partial charge is 0.477 e. The molecule has 36 heteroatoms. The van der Waals surface area contributed by atoms with Crippen molar-refractivity contribution in [1.82, 2.24) is 16.0 Å². The molecule has 5 heterocycles. The van der Waals surface area contributed by atoms with E-state index in [0.29, 0.717) is 0 Å². The number of aliphatic hydroxyl groups excluding tert-OH is 18. The van der Waals surface area contributed by atoms with Crippen LogP contribution in [0.3, 0.4) is 0 Å². The van der Waals surface area contributed by atoms with Crippen LogP contribution in [0.5, 0.6) is 0 Å². The molecule has 0 aromatic heterocycles. The first-order chi connectivity index (χ1) is 38.0. The highest BCUT2D eigenvalue weighted by atomic mass is 16.8. The van der Waals surface area contributed by atoms with Gasteiger partial charge in [0.05, 0.1) is 63.9 Å². The van der Waals surface area contributed by atoms with Crippen molar-refractivity contribution >= 4 is 23.7 Å². The van der Waals surface area contributed by atoms with Crippen LogP contribution in [0.4, 0.5) is 0 Å². The molecular formula is C45H77N3O33. The number of rotatable bonds is 25. The van der Waals surface area contributed by atoms with Gasteiger partial charge in [0.25, 0.3) is 5.79 Å².